The van der Waals surface area contributed by atoms with Crippen molar-refractivity contribution in [1.29, 1.82) is 0 Å². The molecule has 1 amide bonds. The van der Waals surface area contributed by atoms with Gasteiger partial charge in [-0.05, 0) is 45.4 Å². The van der Waals surface area contributed by atoms with E-state index in [0.29, 0.717) is 12.1 Å². The summed E-state index contributed by atoms with van der Waals surface area (Å²) in [6.07, 6.45) is 9.99. The Morgan fingerprint density at radius 2 is 2.04 bits per heavy atom. The van der Waals surface area contributed by atoms with Crippen molar-refractivity contribution in [3.8, 4) is 0 Å². The Bertz CT molecular complexity index is 785. The normalized spacial score (nSPS) is 20.1. The minimum atomic E-state index is -0.763. The van der Waals surface area contributed by atoms with Gasteiger partial charge in [-0.2, -0.15) is 5.10 Å². The fourth-order valence-electron chi connectivity index (χ4n) is 2.57. The maximum Gasteiger partial charge on any atom is 0.257 e. The van der Waals surface area contributed by atoms with Crippen LogP contribution in [0.4, 0.5) is 8.78 Å². The minimum absolute atomic E-state index is 0.0751. The van der Waals surface area contributed by atoms with E-state index in [9.17, 15) is 13.6 Å². The van der Waals surface area contributed by atoms with Crippen molar-refractivity contribution in [2.75, 3.05) is 0 Å². The summed E-state index contributed by atoms with van der Waals surface area (Å²) in [5, 5.41) is 5.66. The summed E-state index contributed by atoms with van der Waals surface area (Å²) in [6.45, 7) is 11.3. The number of benzene rings is 1. The zero-order chi connectivity index (χ0) is 21.3. The number of hydrogen-bond donors (Lipinski definition) is 0. The van der Waals surface area contributed by atoms with E-state index in [-0.39, 0.29) is 17.9 Å². The van der Waals surface area contributed by atoms with Gasteiger partial charge >= 0.3 is 0 Å². The van der Waals surface area contributed by atoms with Crippen LogP contribution < -0.4 is 0 Å². The van der Waals surface area contributed by atoms with Crippen LogP contribution in [0.15, 0.2) is 60.3 Å². The number of carbonyl (C=O) groups is 1. The summed E-state index contributed by atoms with van der Waals surface area (Å²) >= 11 is 3.34. The van der Waals surface area contributed by atoms with E-state index in [1.807, 2.05) is 39.8 Å². The molecule has 152 valence electrons. The second-order valence-corrected chi connectivity index (χ2v) is 7.60. The first kappa shape index (κ1) is 24.0. The predicted octanol–water partition coefficient (Wildman–Crippen LogP) is 6.16. The van der Waals surface area contributed by atoms with Gasteiger partial charge in [0, 0.05) is 12.0 Å². The van der Waals surface area contributed by atoms with E-state index in [4.69, 9.17) is 0 Å². The fourth-order valence-corrected chi connectivity index (χ4v) is 2.76. The lowest BCUT2D eigenvalue weighted by Gasteiger charge is -2.31. The molecule has 0 fully saturated rings. The first-order valence-electron chi connectivity index (χ1n) is 9.12. The average Bonchev–Trinajstić information content (AvgIpc) is 3.04. The third kappa shape index (κ3) is 5.96. The Labute approximate surface area is 174 Å². The van der Waals surface area contributed by atoms with Crippen molar-refractivity contribution in [2.45, 2.75) is 50.9 Å². The van der Waals surface area contributed by atoms with E-state index in [2.05, 4.69) is 27.6 Å². The molecule has 0 aliphatic carbocycles. The van der Waals surface area contributed by atoms with Gasteiger partial charge in [-0.1, -0.05) is 59.8 Å². The van der Waals surface area contributed by atoms with E-state index >= 15 is 0 Å². The first-order valence-corrected chi connectivity index (χ1v) is 10.0. The maximum atomic E-state index is 14.1. The van der Waals surface area contributed by atoms with Gasteiger partial charge in [0.2, 0.25) is 0 Å². The van der Waals surface area contributed by atoms with Gasteiger partial charge in [-0.15, -0.1) is 0 Å². The molecular weight excluding hydrogens is 426 g/mol. The van der Waals surface area contributed by atoms with Gasteiger partial charge in [-0.3, -0.25) is 4.79 Å². The number of halogens is 3. The number of rotatable bonds is 5. The third-order valence-corrected chi connectivity index (χ3v) is 5.27. The lowest BCUT2D eigenvalue weighted by Crippen LogP contribution is -2.45. The minimum Gasteiger partial charge on any atom is -0.272 e. The highest BCUT2D eigenvalue weighted by Gasteiger charge is 2.42. The number of carbonyl (C=O) groups excluding carboxylic acids is 1. The first-order chi connectivity index (χ1) is 13.2. The predicted molar refractivity (Wildman–Crippen MR) is 116 cm³/mol. The maximum absolute atomic E-state index is 14.1. The Morgan fingerprint density at radius 1 is 1.39 bits per heavy atom. The summed E-state index contributed by atoms with van der Waals surface area (Å²) in [4.78, 5) is 12.2. The molecule has 1 aromatic carbocycles. The average molecular weight is 453 g/mol. The summed E-state index contributed by atoms with van der Waals surface area (Å²) in [5.41, 5.74) is -0.348. The van der Waals surface area contributed by atoms with Crippen molar-refractivity contribution in [1.82, 2.24) is 5.01 Å². The van der Waals surface area contributed by atoms with Crippen LogP contribution in [0.5, 0.6) is 0 Å². The smallest absolute Gasteiger partial charge is 0.257 e. The van der Waals surface area contributed by atoms with Crippen LogP contribution in [0.1, 0.15) is 46.1 Å². The molecular formula is C22H27BrF2N2O. The molecule has 0 aromatic heterocycles. The van der Waals surface area contributed by atoms with Gasteiger partial charge in [0.25, 0.3) is 5.91 Å². The molecule has 1 aromatic rings. The molecule has 1 heterocycles. The highest BCUT2D eigenvalue weighted by atomic mass is 79.9. The Morgan fingerprint density at radius 3 is 2.57 bits per heavy atom. The van der Waals surface area contributed by atoms with Crippen LogP contribution in [0.25, 0.3) is 0 Å². The van der Waals surface area contributed by atoms with Crippen molar-refractivity contribution >= 4 is 27.5 Å². The molecule has 2 unspecified atom stereocenters. The topological polar surface area (TPSA) is 32.7 Å². The molecule has 0 radical (unpaired) electrons. The van der Waals surface area contributed by atoms with Crippen LogP contribution in [-0.2, 0) is 4.79 Å². The molecule has 0 saturated heterocycles. The third-order valence-electron chi connectivity index (χ3n) is 4.23. The van der Waals surface area contributed by atoms with Gasteiger partial charge < -0.3 is 0 Å². The Hall–Kier alpha value is -2.08. The largest absolute Gasteiger partial charge is 0.272 e. The molecule has 28 heavy (non-hydrogen) atoms. The van der Waals surface area contributed by atoms with Crippen LogP contribution >= 0.6 is 15.9 Å². The molecule has 2 atom stereocenters. The highest BCUT2D eigenvalue weighted by molar-refractivity contribution is 9.10. The van der Waals surface area contributed by atoms with Crippen molar-refractivity contribution in [2.24, 2.45) is 5.10 Å². The molecule has 0 saturated carbocycles. The molecule has 6 heteroatoms. The standard InChI is InChI=1S/C18H19BrF2N2O.C4H8/c1-4-6-9-18(3)11-16(13-10-12(20)7-8-15(13)21)22-23(18)17(24)14(19)5-2;1-3-4-2/h4,6-10,14H,1,5,11H2,2-3H3;3-4H,1-2H3/b9-6+;4-3-. The van der Waals surface area contributed by atoms with Gasteiger partial charge in [0.1, 0.15) is 11.6 Å². The molecule has 0 N–H and O–H groups in total. The number of hydrazone groups is 1. The molecule has 0 spiro atoms. The molecule has 3 nitrogen and oxygen atoms in total. The van der Waals surface area contributed by atoms with E-state index in [0.717, 1.165) is 18.2 Å². The fraction of sp³-hybridized carbons (Fsp3) is 0.364. The van der Waals surface area contributed by atoms with Crippen LogP contribution in [0.2, 0.25) is 0 Å². The summed E-state index contributed by atoms with van der Waals surface area (Å²) < 4.78 is 27.6. The molecule has 0 bridgehead atoms. The second-order valence-electron chi connectivity index (χ2n) is 6.49. The summed E-state index contributed by atoms with van der Waals surface area (Å²) in [5.74, 6) is -1.33. The molecule has 2 rings (SSSR count). The lowest BCUT2D eigenvalue weighted by atomic mass is 9.91. The monoisotopic (exact) mass is 452 g/mol. The summed E-state index contributed by atoms with van der Waals surface area (Å²) in [7, 11) is 0. The lowest BCUT2D eigenvalue weighted by molar-refractivity contribution is -0.133. The number of alkyl halides is 1. The van der Waals surface area contributed by atoms with Gasteiger partial charge in [-0.25, -0.2) is 13.8 Å². The Balaban J connectivity index is 0.000000892. The van der Waals surface area contributed by atoms with Crippen molar-refractivity contribution in [3.05, 3.63) is 72.4 Å². The van der Waals surface area contributed by atoms with Crippen LogP contribution in [0.3, 0.4) is 0 Å². The SMILES string of the molecule is C/C=C\C.C=C/C=C/C1(C)CC(c2cc(F)ccc2F)=NN1C(=O)C(Br)CC. The number of allylic oxidation sites excluding steroid dienone is 4. The Kier molecular flexibility index (Phi) is 9.46. The number of hydrogen-bond acceptors (Lipinski definition) is 2. The zero-order valence-corrected chi connectivity index (χ0v) is 18.3. The highest BCUT2D eigenvalue weighted by Crippen LogP contribution is 2.33. The van der Waals surface area contributed by atoms with Crippen molar-refractivity contribution in [3.63, 3.8) is 0 Å². The number of nitrogens with zero attached hydrogens (tertiary/aromatic N) is 2. The summed E-state index contributed by atoms with van der Waals surface area (Å²) in [6, 6.07) is 3.22. The number of amides is 1. The quantitative estimate of drug-likeness (QED) is 0.299. The second kappa shape index (κ2) is 11.1. The van der Waals surface area contributed by atoms with Gasteiger partial charge in [0.15, 0.2) is 0 Å². The zero-order valence-electron chi connectivity index (χ0n) is 16.8. The van der Waals surface area contributed by atoms with Crippen LogP contribution in [0, 0.1) is 11.6 Å². The van der Waals surface area contributed by atoms with Crippen molar-refractivity contribution < 1.29 is 13.6 Å². The van der Waals surface area contributed by atoms with E-state index in [1.165, 1.54) is 5.01 Å². The molecule has 1 aliphatic rings. The molecule has 1 aliphatic heterocycles. The van der Waals surface area contributed by atoms with Crippen LogP contribution in [-0.4, -0.2) is 27.0 Å². The van der Waals surface area contributed by atoms with E-state index in [1.54, 1.807) is 18.2 Å². The van der Waals surface area contributed by atoms with E-state index < -0.39 is 22.0 Å². The van der Waals surface area contributed by atoms with Gasteiger partial charge in [0.05, 0.1) is 16.1 Å².